The second-order valence-electron chi connectivity index (χ2n) is 10.4. The van der Waals surface area contributed by atoms with Crippen LogP contribution < -0.4 is 0 Å². The fourth-order valence-electron chi connectivity index (χ4n) is 6.12. The van der Waals surface area contributed by atoms with Crippen molar-refractivity contribution in [1.29, 1.82) is 0 Å². The van der Waals surface area contributed by atoms with Gasteiger partial charge < -0.3 is 0 Å². The molecule has 34 heavy (non-hydrogen) atoms. The van der Waals surface area contributed by atoms with Gasteiger partial charge in [-0.05, 0) is 157 Å². The zero-order valence-corrected chi connectivity index (χ0v) is 22.0. The van der Waals surface area contributed by atoms with E-state index in [4.69, 9.17) is 0 Å². The van der Waals surface area contributed by atoms with Gasteiger partial charge in [-0.3, -0.25) is 0 Å². The smallest absolute Gasteiger partial charge is 0.00105 e. The second-order valence-corrected chi connectivity index (χ2v) is 10.4. The lowest BCUT2D eigenvalue weighted by atomic mass is 9.83. The Morgan fingerprint density at radius 1 is 0.559 bits per heavy atom. The monoisotopic (exact) mass is 444 g/mol. The molecule has 0 heteroatoms. The summed E-state index contributed by atoms with van der Waals surface area (Å²) in [4.78, 5) is 0. The van der Waals surface area contributed by atoms with E-state index in [2.05, 4.69) is 104 Å². The van der Waals surface area contributed by atoms with Crippen LogP contribution in [0.5, 0.6) is 0 Å². The van der Waals surface area contributed by atoms with Gasteiger partial charge in [0.1, 0.15) is 0 Å². The molecule has 0 unspecified atom stereocenters. The Hall–Kier alpha value is -3.12. The zero-order chi connectivity index (χ0) is 24.3. The van der Waals surface area contributed by atoms with E-state index in [1.807, 2.05) is 0 Å². The Balaban J connectivity index is 1.63. The molecule has 0 saturated carbocycles. The van der Waals surface area contributed by atoms with Crippen molar-refractivity contribution in [2.24, 2.45) is 0 Å². The number of fused-ring (bicyclic) bond motifs is 3. The number of benzene rings is 4. The second kappa shape index (κ2) is 8.27. The molecule has 1 aliphatic carbocycles. The number of hydrogen-bond acceptors (Lipinski definition) is 0. The van der Waals surface area contributed by atoms with Gasteiger partial charge in [-0.2, -0.15) is 0 Å². The molecule has 0 amide bonds. The summed E-state index contributed by atoms with van der Waals surface area (Å²) in [6.45, 7) is 18.3. The SMILES string of the molecule is Cc1c(C)c(C)c(-c2ccccc2)c(Cc2ccc3c(c2)Cc2c(C)c(C)c(C)c(C)c2-3)c1C. The van der Waals surface area contributed by atoms with Crippen molar-refractivity contribution in [2.45, 2.75) is 68.2 Å². The van der Waals surface area contributed by atoms with Crippen LogP contribution in [0.2, 0.25) is 0 Å². The first-order valence-electron chi connectivity index (χ1n) is 12.6. The molecule has 0 spiro atoms. The average molecular weight is 445 g/mol. The minimum absolute atomic E-state index is 0.970. The van der Waals surface area contributed by atoms with Gasteiger partial charge in [0, 0.05) is 0 Å². The summed E-state index contributed by atoms with van der Waals surface area (Å²) in [6, 6.07) is 18.2. The fourth-order valence-corrected chi connectivity index (χ4v) is 6.12. The van der Waals surface area contributed by atoms with E-state index in [1.54, 1.807) is 0 Å². The third-order valence-corrected chi connectivity index (χ3v) is 8.88. The van der Waals surface area contributed by atoms with Crippen LogP contribution in [-0.2, 0) is 12.8 Å². The standard InChI is InChI=1S/C34H36/c1-19-21(3)25(7)33(28-12-10-9-11-13-28)31(23(19)5)17-27-14-15-30-29(16-27)18-32-24(6)20(2)22(4)26(8)34(30)32/h9-16H,17-18H2,1-8H3. The first-order valence-corrected chi connectivity index (χ1v) is 12.6. The topological polar surface area (TPSA) is 0 Å². The number of rotatable bonds is 3. The summed E-state index contributed by atoms with van der Waals surface area (Å²) in [6.07, 6.45) is 2.03. The lowest BCUT2D eigenvalue weighted by Crippen LogP contribution is -2.04. The molecule has 0 N–H and O–H groups in total. The first kappa shape index (κ1) is 22.7. The average Bonchev–Trinajstić information content (AvgIpc) is 3.23. The third-order valence-electron chi connectivity index (χ3n) is 8.88. The molecule has 0 atom stereocenters. The van der Waals surface area contributed by atoms with Gasteiger partial charge in [0.25, 0.3) is 0 Å². The predicted molar refractivity (Wildman–Crippen MR) is 147 cm³/mol. The summed E-state index contributed by atoms with van der Waals surface area (Å²) >= 11 is 0. The van der Waals surface area contributed by atoms with Gasteiger partial charge in [0.2, 0.25) is 0 Å². The quantitative estimate of drug-likeness (QED) is 0.260. The Morgan fingerprint density at radius 3 is 1.82 bits per heavy atom. The molecule has 4 aromatic rings. The van der Waals surface area contributed by atoms with Crippen LogP contribution in [0.3, 0.4) is 0 Å². The lowest BCUT2D eigenvalue weighted by Gasteiger charge is -2.22. The third kappa shape index (κ3) is 3.35. The van der Waals surface area contributed by atoms with Gasteiger partial charge >= 0.3 is 0 Å². The lowest BCUT2D eigenvalue weighted by molar-refractivity contribution is 1.09. The van der Waals surface area contributed by atoms with E-state index >= 15 is 0 Å². The molecule has 0 nitrogen and oxygen atoms in total. The fraction of sp³-hybridized carbons (Fsp3) is 0.294. The summed E-state index contributed by atoms with van der Waals surface area (Å²) in [5.74, 6) is 0. The molecule has 0 radical (unpaired) electrons. The van der Waals surface area contributed by atoms with Gasteiger partial charge in [-0.25, -0.2) is 0 Å². The minimum atomic E-state index is 0.970. The molecule has 4 aromatic carbocycles. The molecule has 0 fully saturated rings. The first-order chi connectivity index (χ1) is 16.2. The molecule has 5 rings (SSSR count). The van der Waals surface area contributed by atoms with Crippen LogP contribution in [-0.4, -0.2) is 0 Å². The van der Waals surface area contributed by atoms with Gasteiger partial charge in [0.15, 0.2) is 0 Å². The highest BCUT2D eigenvalue weighted by Gasteiger charge is 2.25. The van der Waals surface area contributed by atoms with Crippen molar-refractivity contribution < 1.29 is 0 Å². The van der Waals surface area contributed by atoms with E-state index in [9.17, 15) is 0 Å². The van der Waals surface area contributed by atoms with E-state index < -0.39 is 0 Å². The predicted octanol–water partition coefficient (Wildman–Crippen LogP) is 8.98. The van der Waals surface area contributed by atoms with Crippen molar-refractivity contribution in [3.63, 3.8) is 0 Å². The number of hydrogen-bond donors (Lipinski definition) is 0. The van der Waals surface area contributed by atoms with Crippen molar-refractivity contribution in [3.05, 3.63) is 115 Å². The van der Waals surface area contributed by atoms with Crippen molar-refractivity contribution in [3.8, 4) is 22.3 Å². The highest BCUT2D eigenvalue weighted by molar-refractivity contribution is 5.83. The highest BCUT2D eigenvalue weighted by Crippen LogP contribution is 2.44. The van der Waals surface area contributed by atoms with E-state index in [0.717, 1.165) is 12.8 Å². The molecule has 1 aliphatic rings. The summed E-state index contributed by atoms with van der Waals surface area (Å²) in [5, 5.41) is 0. The Bertz CT molecular complexity index is 1450. The summed E-state index contributed by atoms with van der Waals surface area (Å²) < 4.78 is 0. The normalized spacial score (nSPS) is 12.1. The van der Waals surface area contributed by atoms with Crippen molar-refractivity contribution in [1.82, 2.24) is 0 Å². The Labute approximate surface area is 205 Å². The molecule has 0 aliphatic heterocycles. The Morgan fingerprint density at radius 2 is 1.15 bits per heavy atom. The van der Waals surface area contributed by atoms with Gasteiger partial charge in [-0.15, -0.1) is 0 Å². The minimum Gasteiger partial charge on any atom is -0.0622 e. The van der Waals surface area contributed by atoms with Gasteiger partial charge in [-0.1, -0.05) is 48.5 Å². The highest BCUT2D eigenvalue weighted by atomic mass is 14.3. The Kier molecular flexibility index (Phi) is 5.52. The molecule has 0 bridgehead atoms. The zero-order valence-electron chi connectivity index (χ0n) is 22.0. The maximum absolute atomic E-state index is 2.48. The van der Waals surface area contributed by atoms with Gasteiger partial charge in [0.05, 0.1) is 0 Å². The van der Waals surface area contributed by atoms with Crippen LogP contribution >= 0.6 is 0 Å². The van der Waals surface area contributed by atoms with Crippen molar-refractivity contribution in [2.75, 3.05) is 0 Å². The largest absolute Gasteiger partial charge is 0.0622 e. The maximum Gasteiger partial charge on any atom is -0.00105 e. The summed E-state index contributed by atoms with van der Waals surface area (Å²) in [5.41, 5.74) is 23.1. The molecule has 0 aromatic heterocycles. The van der Waals surface area contributed by atoms with Crippen LogP contribution in [0.1, 0.15) is 66.8 Å². The van der Waals surface area contributed by atoms with E-state index in [1.165, 1.54) is 89.0 Å². The van der Waals surface area contributed by atoms with E-state index in [0.29, 0.717) is 0 Å². The van der Waals surface area contributed by atoms with Crippen LogP contribution in [0.4, 0.5) is 0 Å². The molecular formula is C34H36. The van der Waals surface area contributed by atoms with Crippen LogP contribution in [0, 0.1) is 55.4 Å². The molecule has 0 heterocycles. The van der Waals surface area contributed by atoms with Crippen molar-refractivity contribution >= 4 is 0 Å². The van der Waals surface area contributed by atoms with Crippen LogP contribution in [0.25, 0.3) is 22.3 Å². The van der Waals surface area contributed by atoms with Crippen LogP contribution in [0.15, 0.2) is 48.5 Å². The molecule has 0 saturated heterocycles. The van der Waals surface area contributed by atoms with E-state index in [-0.39, 0.29) is 0 Å². The molecular weight excluding hydrogens is 408 g/mol. The summed E-state index contributed by atoms with van der Waals surface area (Å²) in [7, 11) is 0. The molecule has 172 valence electrons. The maximum atomic E-state index is 2.48.